The lowest BCUT2D eigenvalue weighted by atomic mass is 10.1. The van der Waals surface area contributed by atoms with Crippen molar-refractivity contribution in [2.45, 2.75) is 0 Å². The van der Waals surface area contributed by atoms with E-state index in [9.17, 15) is 19.2 Å². The number of hydrogen-bond acceptors (Lipinski definition) is 6. The molecule has 3 amide bonds. The minimum atomic E-state index is -1.03. The Morgan fingerprint density at radius 2 is 1.79 bits per heavy atom. The molecule has 0 atom stereocenters. The van der Waals surface area contributed by atoms with Gasteiger partial charge in [-0.25, -0.2) is 4.79 Å². The van der Waals surface area contributed by atoms with E-state index >= 15 is 0 Å². The van der Waals surface area contributed by atoms with E-state index in [4.69, 9.17) is 21.1 Å². The molecule has 10 heteroatoms. The zero-order valence-electron chi connectivity index (χ0n) is 16.8. The first-order chi connectivity index (χ1) is 15.8. The Labute approximate surface area is 196 Å². The number of para-hydroxylation sites is 1. The first kappa shape index (κ1) is 22.4. The van der Waals surface area contributed by atoms with Gasteiger partial charge in [-0.15, -0.1) is 0 Å². The van der Waals surface area contributed by atoms with Crippen molar-refractivity contribution in [3.8, 4) is 11.3 Å². The van der Waals surface area contributed by atoms with Crippen molar-refractivity contribution in [3.05, 3.63) is 81.9 Å². The predicted molar refractivity (Wildman–Crippen MR) is 124 cm³/mol. The predicted octanol–water partition coefficient (Wildman–Crippen LogP) is 4.97. The molecule has 166 valence electrons. The van der Waals surface area contributed by atoms with Crippen LogP contribution in [0.15, 0.2) is 70.0 Å². The molecule has 33 heavy (non-hydrogen) atoms. The van der Waals surface area contributed by atoms with Crippen LogP contribution in [0, 0.1) is 0 Å². The van der Waals surface area contributed by atoms with Crippen LogP contribution in [0.4, 0.5) is 10.5 Å². The molecule has 0 spiro atoms. The van der Waals surface area contributed by atoms with Gasteiger partial charge >= 0.3 is 5.97 Å². The van der Waals surface area contributed by atoms with Crippen LogP contribution in [-0.4, -0.2) is 39.6 Å². The number of carboxylic acid groups (broad SMARTS) is 1. The summed E-state index contributed by atoms with van der Waals surface area (Å²) in [6, 6.07) is 16.1. The third kappa shape index (κ3) is 5.00. The number of aromatic carboxylic acids is 1. The van der Waals surface area contributed by atoms with Crippen molar-refractivity contribution >= 4 is 58.1 Å². The first-order valence-corrected chi connectivity index (χ1v) is 10.7. The second kappa shape index (κ2) is 9.35. The van der Waals surface area contributed by atoms with E-state index in [2.05, 4.69) is 5.32 Å². The molecule has 1 fully saturated rings. The van der Waals surface area contributed by atoms with E-state index in [1.807, 2.05) is 0 Å². The normalized spacial score (nSPS) is 14.7. The van der Waals surface area contributed by atoms with E-state index in [1.165, 1.54) is 18.2 Å². The Balaban J connectivity index is 1.45. The van der Waals surface area contributed by atoms with Crippen molar-refractivity contribution in [3.63, 3.8) is 0 Å². The minimum absolute atomic E-state index is 0.118. The number of amides is 3. The molecular weight excluding hydrogens is 468 g/mol. The lowest BCUT2D eigenvalue weighted by Crippen LogP contribution is -2.36. The summed E-state index contributed by atoms with van der Waals surface area (Å²) in [7, 11) is 0. The lowest BCUT2D eigenvalue weighted by molar-refractivity contribution is -0.127. The van der Waals surface area contributed by atoms with E-state index < -0.39 is 29.6 Å². The van der Waals surface area contributed by atoms with E-state index in [0.717, 1.165) is 4.90 Å². The monoisotopic (exact) mass is 482 g/mol. The number of nitrogens with one attached hydrogen (secondary N) is 1. The summed E-state index contributed by atoms with van der Waals surface area (Å²) in [6.45, 7) is -0.452. The molecule has 0 bridgehead atoms. The molecule has 2 N–H and O–H groups in total. The van der Waals surface area contributed by atoms with Crippen molar-refractivity contribution in [2.24, 2.45) is 0 Å². The van der Waals surface area contributed by atoms with Gasteiger partial charge in [0.1, 0.15) is 18.1 Å². The third-order valence-corrected chi connectivity index (χ3v) is 5.88. The Morgan fingerprint density at radius 3 is 2.48 bits per heavy atom. The summed E-state index contributed by atoms with van der Waals surface area (Å²) in [5.41, 5.74) is 1.19. The second-order valence-corrected chi connectivity index (χ2v) is 8.28. The van der Waals surface area contributed by atoms with Crippen LogP contribution in [0.1, 0.15) is 16.1 Å². The fraction of sp³-hybridized carbons (Fsp3) is 0.0435. The van der Waals surface area contributed by atoms with Gasteiger partial charge in [-0.3, -0.25) is 19.3 Å². The maximum atomic E-state index is 12.7. The molecule has 1 aliphatic rings. The molecule has 8 nitrogen and oxygen atoms in total. The molecule has 2 heterocycles. The molecule has 0 saturated carbocycles. The van der Waals surface area contributed by atoms with Gasteiger partial charge in [0.15, 0.2) is 0 Å². The van der Waals surface area contributed by atoms with Crippen molar-refractivity contribution in [1.29, 1.82) is 0 Å². The number of carboxylic acids is 1. The SMILES string of the molecule is O=C(CN1C(=O)S/C(=C/c2ccc(-c3ccc(C(=O)O)cc3)o2)C1=O)Nc1ccccc1Cl. The van der Waals surface area contributed by atoms with Crippen LogP contribution < -0.4 is 5.32 Å². The maximum absolute atomic E-state index is 12.7. The Morgan fingerprint density at radius 1 is 1.06 bits per heavy atom. The van der Waals surface area contributed by atoms with Crippen molar-refractivity contribution < 1.29 is 28.7 Å². The number of nitrogens with zero attached hydrogens (tertiary/aromatic N) is 1. The number of rotatable bonds is 6. The molecule has 0 unspecified atom stereocenters. The number of halogens is 1. The van der Waals surface area contributed by atoms with E-state index in [1.54, 1.807) is 48.5 Å². The van der Waals surface area contributed by atoms with E-state index in [-0.39, 0.29) is 10.5 Å². The summed E-state index contributed by atoms with van der Waals surface area (Å²) in [5.74, 6) is -1.40. The number of thioether (sulfide) groups is 1. The molecule has 1 aliphatic heterocycles. The van der Waals surface area contributed by atoms with Gasteiger partial charge in [0.2, 0.25) is 5.91 Å². The number of carbonyl (C=O) groups excluding carboxylic acids is 3. The molecular formula is C23H15ClN2O6S. The minimum Gasteiger partial charge on any atom is -0.478 e. The average Bonchev–Trinajstić information content (AvgIpc) is 3.36. The molecule has 1 saturated heterocycles. The first-order valence-electron chi connectivity index (χ1n) is 9.55. The van der Waals surface area contributed by atoms with Gasteiger partial charge in [0, 0.05) is 11.6 Å². The van der Waals surface area contributed by atoms with Crippen LogP contribution in [0.2, 0.25) is 5.02 Å². The number of imide groups is 1. The number of hydrogen-bond donors (Lipinski definition) is 2. The summed E-state index contributed by atoms with van der Waals surface area (Å²) >= 11 is 6.72. The quantitative estimate of drug-likeness (QED) is 0.476. The van der Waals surface area contributed by atoms with Gasteiger partial charge in [0.25, 0.3) is 11.1 Å². The third-order valence-electron chi connectivity index (χ3n) is 4.64. The highest BCUT2D eigenvalue weighted by molar-refractivity contribution is 8.18. The van der Waals surface area contributed by atoms with Gasteiger partial charge < -0.3 is 14.8 Å². The van der Waals surface area contributed by atoms with E-state index in [0.29, 0.717) is 39.6 Å². The largest absolute Gasteiger partial charge is 0.478 e. The van der Waals surface area contributed by atoms with Gasteiger partial charge in [-0.05, 0) is 48.2 Å². The van der Waals surface area contributed by atoms with Gasteiger partial charge in [-0.2, -0.15) is 0 Å². The highest BCUT2D eigenvalue weighted by Crippen LogP contribution is 2.33. The van der Waals surface area contributed by atoms with Gasteiger partial charge in [0.05, 0.1) is 21.2 Å². The Hall–Kier alpha value is -3.82. The topological polar surface area (TPSA) is 117 Å². The smallest absolute Gasteiger partial charge is 0.335 e. The zero-order valence-corrected chi connectivity index (χ0v) is 18.4. The standard InChI is InChI=1S/C23H15ClN2O6S/c24-16-3-1-2-4-17(16)25-20(27)12-26-21(28)19(33-23(26)31)11-15-9-10-18(32-15)13-5-7-14(8-6-13)22(29)30/h1-11H,12H2,(H,25,27)(H,29,30)/b19-11+. The van der Waals surface area contributed by atoms with Crippen LogP contribution in [0.25, 0.3) is 17.4 Å². The number of carbonyl (C=O) groups is 4. The van der Waals surface area contributed by atoms with Crippen LogP contribution >= 0.6 is 23.4 Å². The lowest BCUT2D eigenvalue weighted by Gasteiger charge is -2.13. The Kier molecular flexibility index (Phi) is 6.34. The van der Waals surface area contributed by atoms with Crippen LogP contribution in [0.3, 0.4) is 0 Å². The Bertz CT molecular complexity index is 1300. The molecule has 2 aromatic carbocycles. The zero-order chi connectivity index (χ0) is 23.5. The van der Waals surface area contributed by atoms with Crippen LogP contribution in [0.5, 0.6) is 0 Å². The highest BCUT2D eigenvalue weighted by atomic mass is 35.5. The molecule has 0 radical (unpaired) electrons. The summed E-state index contributed by atoms with van der Waals surface area (Å²) in [5, 5.41) is 11.3. The summed E-state index contributed by atoms with van der Waals surface area (Å²) < 4.78 is 5.71. The van der Waals surface area contributed by atoms with Crippen molar-refractivity contribution in [2.75, 3.05) is 11.9 Å². The number of furan rings is 1. The average molecular weight is 483 g/mol. The summed E-state index contributed by atoms with van der Waals surface area (Å²) in [4.78, 5) is 49.2. The summed E-state index contributed by atoms with van der Waals surface area (Å²) in [6.07, 6.45) is 1.42. The molecule has 1 aromatic heterocycles. The van der Waals surface area contributed by atoms with Gasteiger partial charge in [-0.1, -0.05) is 35.9 Å². The number of anilines is 1. The maximum Gasteiger partial charge on any atom is 0.335 e. The van der Waals surface area contributed by atoms with Crippen molar-refractivity contribution in [1.82, 2.24) is 4.90 Å². The second-order valence-electron chi connectivity index (χ2n) is 6.88. The fourth-order valence-corrected chi connectivity index (χ4v) is 4.03. The molecule has 4 rings (SSSR count). The fourth-order valence-electron chi connectivity index (χ4n) is 3.02. The molecule has 3 aromatic rings. The van der Waals surface area contributed by atoms with Crippen LogP contribution in [-0.2, 0) is 9.59 Å². The molecule has 0 aliphatic carbocycles. The number of benzene rings is 2. The highest BCUT2D eigenvalue weighted by Gasteiger charge is 2.36.